The molecule has 1 fully saturated rings. The summed E-state index contributed by atoms with van der Waals surface area (Å²) in [6, 6.07) is 11.2. The van der Waals surface area contributed by atoms with Gasteiger partial charge >= 0.3 is 0 Å². The molecule has 3 rings (SSSR count). The zero-order valence-corrected chi connectivity index (χ0v) is 13.1. The van der Waals surface area contributed by atoms with Crippen molar-refractivity contribution in [3.05, 3.63) is 58.9 Å². The van der Waals surface area contributed by atoms with Crippen molar-refractivity contribution < 1.29 is 13.9 Å². The van der Waals surface area contributed by atoms with Gasteiger partial charge in [0.05, 0.1) is 18.9 Å². The van der Waals surface area contributed by atoms with Crippen LogP contribution in [0.4, 0.5) is 15.8 Å². The summed E-state index contributed by atoms with van der Waals surface area (Å²) in [5.74, 6) is -0.844. The molecule has 1 N–H and O–H groups in total. The predicted molar refractivity (Wildman–Crippen MR) is 88.8 cm³/mol. The summed E-state index contributed by atoms with van der Waals surface area (Å²) in [5, 5.41) is 3.15. The van der Waals surface area contributed by atoms with Crippen LogP contribution in [0.5, 0.6) is 0 Å². The smallest absolute Gasteiger partial charge is 0.255 e. The molecule has 0 atom stereocenters. The molecule has 6 heteroatoms. The minimum absolute atomic E-state index is 0.161. The average Bonchev–Trinajstić information content (AvgIpc) is 2.58. The number of nitrogens with zero attached hydrogens (tertiary/aromatic N) is 1. The molecular formula is C17H16ClFN2O2. The average molecular weight is 335 g/mol. The molecule has 0 aromatic heterocycles. The lowest BCUT2D eigenvalue weighted by molar-refractivity contribution is 0.102. The van der Waals surface area contributed by atoms with Crippen LogP contribution in [-0.2, 0) is 4.74 Å². The topological polar surface area (TPSA) is 41.6 Å². The van der Waals surface area contributed by atoms with Crippen molar-refractivity contribution in [2.45, 2.75) is 0 Å². The third-order valence-corrected chi connectivity index (χ3v) is 3.93. The number of halogens is 2. The highest BCUT2D eigenvalue weighted by molar-refractivity contribution is 6.30. The van der Waals surface area contributed by atoms with Crippen LogP contribution in [0, 0.1) is 5.82 Å². The number of carbonyl (C=O) groups is 1. The van der Waals surface area contributed by atoms with Crippen molar-refractivity contribution in [1.29, 1.82) is 0 Å². The molecule has 0 aliphatic carbocycles. The van der Waals surface area contributed by atoms with E-state index in [2.05, 4.69) is 10.2 Å². The predicted octanol–water partition coefficient (Wildman–Crippen LogP) is 3.57. The summed E-state index contributed by atoms with van der Waals surface area (Å²) in [7, 11) is 0. The minimum atomic E-state index is -0.468. The van der Waals surface area contributed by atoms with Gasteiger partial charge in [-0.2, -0.15) is 0 Å². The minimum Gasteiger partial charge on any atom is -0.378 e. The molecule has 1 aliphatic heterocycles. The summed E-state index contributed by atoms with van der Waals surface area (Å²) < 4.78 is 19.3. The van der Waals surface area contributed by atoms with E-state index in [1.807, 2.05) is 0 Å². The number of hydrogen-bond acceptors (Lipinski definition) is 3. The number of anilines is 2. The SMILES string of the molecule is O=C(Nc1cc(N2CCOCC2)ccc1F)c1ccc(Cl)cc1. The number of nitrogens with one attached hydrogen (secondary N) is 1. The number of carbonyl (C=O) groups excluding carboxylic acids is 1. The van der Waals surface area contributed by atoms with Gasteiger partial charge in [-0.25, -0.2) is 4.39 Å². The molecule has 2 aromatic rings. The van der Waals surface area contributed by atoms with Crippen molar-refractivity contribution >= 4 is 28.9 Å². The maximum atomic E-state index is 14.0. The molecule has 0 bridgehead atoms. The first-order chi connectivity index (χ1) is 11.1. The maximum absolute atomic E-state index is 14.0. The molecule has 2 aromatic carbocycles. The second kappa shape index (κ2) is 6.98. The van der Waals surface area contributed by atoms with E-state index in [9.17, 15) is 9.18 Å². The molecule has 0 unspecified atom stereocenters. The number of ether oxygens (including phenoxy) is 1. The van der Waals surface area contributed by atoms with Crippen molar-refractivity contribution in [3.8, 4) is 0 Å². The zero-order chi connectivity index (χ0) is 16.2. The Morgan fingerprint density at radius 1 is 1.13 bits per heavy atom. The molecule has 1 saturated heterocycles. The molecule has 4 nitrogen and oxygen atoms in total. The normalized spacial score (nSPS) is 14.6. The molecular weight excluding hydrogens is 319 g/mol. The largest absolute Gasteiger partial charge is 0.378 e. The lowest BCUT2D eigenvalue weighted by Gasteiger charge is -2.29. The van der Waals surface area contributed by atoms with Crippen LogP contribution in [0.25, 0.3) is 0 Å². The van der Waals surface area contributed by atoms with Gasteiger partial charge in [-0.1, -0.05) is 11.6 Å². The zero-order valence-electron chi connectivity index (χ0n) is 12.4. The first-order valence-corrected chi connectivity index (χ1v) is 7.70. The standard InChI is InChI=1S/C17H16ClFN2O2/c18-13-3-1-12(2-4-13)17(22)20-16-11-14(5-6-15(16)19)21-7-9-23-10-8-21/h1-6,11H,7-10H2,(H,20,22). The molecule has 1 heterocycles. The van der Waals surface area contributed by atoms with Crippen LogP contribution in [-0.4, -0.2) is 32.2 Å². The molecule has 1 aliphatic rings. The van der Waals surface area contributed by atoms with Gasteiger partial charge in [-0.15, -0.1) is 0 Å². The molecule has 23 heavy (non-hydrogen) atoms. The monoisotopic (exact) mass is 334 g/mol. The van der Waals surface area contributed by atoms with Crippen LogP contribution >= 0.6 is 11.6 Å². The van der Waals surface area contributed by atoms with Crippen molar-refractivity contribution in [1.82, 2.24) is 0 Å². The fourth-order valence-electron chi connectivity index (χ4n) is 2.42. The molecule has 1 amide bonds. The highest BCUT2D eigenvalue weighted by Crippen LogP contribution is 2.24. The fourth-order valence-corrected chi connectivity index (χ4v) is 2.55. The van der Waals surface area contributed by atoms with E-state index in [-0.39, 0.29) is 11.6 Å². The highest BCUT2D eigenvalue weighted by atomic mass is 35.5. The summed E-state index contributed by atoms with van der Waals surface area (Å²) in [5.41, 5.74) is 1.45. The van der Waals surface area contributed by atoms with E-state index in [0.717, 1.165) is 18.8 Å². The Hall–Kier alpha value is -2.11. The Balaban J connectivity index is 1.78. The molecule has 120 valence electrons. The molecule has 0 radical (unpaired) electrons. The first-order valence-electron chi connectivity index (χ1n) is 7.32. The number of benzene rings is 2. The Morgan fingerprint density at radius 3 is 2.52 bits per heavy atom. The quantitative estimate of drug-likeness (QED) is 0.933. The third-order valence-electron chi connectivity index (χ3n) is 3.68. The van der Waals surface area contributed by atoms with Gasteiger partial charge in [0.1, 0.15) is 5.82 Å². The van der Waals surface area contributed by atoms with Crippen LogP contribution in [0.1, 0.15) is 10.4 Å². The first kappa shape index (κ1) is 15.8. The number of rotatable bonds is 3. The summed E-state index contributed by atoms with van der Waals surface area (Å²) >= 11 is 5.80. The second-order valence-corrected chi connectivity index (χ2v) is 5.66. The van der Waals surface area contributed by atoms with Gasteiger partial charge in [-0.05, 0) is 42.5 Å². The van der Waals surface area contributed by atoms with E-state index < -0.39 is 5.82 Å². The summed E-state index contributed by atoms with van der Waals surface area (Å²) in [6.45, 7) is 2.78. The number of amides is 1. The lowest BCUT2D eigenvalue weighted by Crippen LogP contribution is -2.36. The molecule has 0 spiro atoms. The second-order valence-electron chi connectivity index (χ2n) is 5.22. The van der Waals surface area contributed by atoms with Crippen LogP contribution in [0.2, 0.25) is 5.02 Å². The van der Waals surface area contributed by atoms with Crippen molar-refractivity contribution in [2.75, 3.05) is 36.5 Å². The van der Waals surface area contributed by atoms with E-state index >= 15 is 0 Å². The summed E-state index contributed by atoms with van der Waals surface area (Å²) in [4.78, 5) is 14.3. The van der Waals surface area contributed by atoms with E-state index in [0.29, 0.717) is 23.8 Å². The van der Waals surface area contributed by atoms with Crippen LogP contribution in [0.3, 0.4) is 0 Å². The highest BCUT2D eigenvalue weighted by Gasteiger charge is 2.15. The summed E-state index contributed by atoms with van der Waals surface area (Å²) in [6.07, 6.45) is 0. The maximum Gasteiger partial charge on any atom is 0.255 e. The van der Waals surface area contributed by atoms with Crippen molar-refractivity contribution in [2.24, 2.45) is 0 Å². The van der Waals surface area contributed by atoms with Crippen molar-refractivity contribution in [3.63, 3.8) is 0 Å². The van der Waals surface area contributed by atoms with E-state index in [1.54, 1.807) is 36.4 Å². The van der Waals surface area contributed by atoms with Crippen LogP contribution in [0.15, 0.2) is 42.5 Å². The molecule has 0 saturated carbocycles. The number of hydrogen-bond donors (Lipinski definition) is 1. The van der Waals surface area contributed by atoms with Crippen LogP contribution < -0.4 is 10.2 Å². The Kier molecular flexibility index (Phi) is 4.79. The lowest BCUT2D eigenvalue weighted by atomic mass is 10.2. The number of morpholine rings is 1. The fraction of sp³-hybridized carbons (Fsp3) is 0.235. The van der Waals surface area contributed by atoms with Gasteiger partial charge < -0.3 is 15.0 Å². The van der Waals surface area contributed by atoms with Gasteiger partial charge in [0.25, 0.3) is 5.91 Å². The Morgan fingerprint density at radius 2 is 1.83 bits per heavy atom. The third kappa shape index (κ3) is 3.81. The van der Waals surface area contributed by atoms with E-state index in [1.165, 1.54) is 6.07 Å². The van der Waals surface area contributed by atoms with Gasteiger partial charge in [-0.3, -0.25) is 4.79 Å². The van der Waals surface area contributed by atoms with Gasteiger partial charge in [0.2, 0.25) is 0 Å². The Labute approximate surface area is 138 Å². The van der Waals surface area contributed by atoms with E-state index in [4.69, 9.17) is 16.3 Å². The van der Waals surface area contributed by atoms with Gasteiger partial charge in [0.15, 0.2) is 0 Å². The van der Waals surface area contributed by atoms with Gasteiger partial charge in [0, 0.05) is 29.4 Å². The Bertz CT molecular complexity index is 700.